The van der Waals surface area contributed by atoms with E-state index in [-0.39, 0.29) is 23.4 Å². The van der Waals surface area contributed by atoms with Crippen LogP contribution in [0.2, 0.25) is 0 Å². The molecule has 0 aromatic carbocycles. The lowest BCUT2D eigenvalue weighted by molar-refractivity contribution is -0.134. The second-order valence-electron chi connectivity index (χ2n) is 5.53. The van der Waals surface area contributed by atoms with E-state index in [1.165, 1.54) is 17.1 Å². The molecule has 0 saturated carbocycles. The number of rotatable bonds is 5. The van der Waals surface area contributed by atoms with Crippen molar-refractivity contribution < 1.29 is 27.2 Å². The van der Waals surface area contributed by atoms with E-state index in [1.807, 2.05) is 0 Å². The number of carbonyl (C=O) groups excluding carboxylic acids is 1. The summed E-state index contributed by atoms with van der Waals surface area (Å²) >= 11 is 0. The van der Waals surface area contributed by atoms with E-state index < -0.39 is 24.3 Å². The average molecular weight is 347 g/mol. The Kier molecular flexibility index (Phi) is 5.33. The number of nitrogens with two attached hydrogens (primary N) is 1. The monoisotopic (exact) mass is 347 g/mol. The first-order valence-electron chi connectivity index (χ1n) is 7.14. The number of alkyl halides is 3. The Morgan fingerprint density at radius 2 is 2.17 bits per heavy atom. The van der Waals surface area contributed by atoms with E-state index >= 15 is 0 Å². The highest BCUT2D eigenvalue weighted by Gasteiger charge is 2.38. The van der Waals surface area contributed by atoms with Gasteiger partial charge in [-0.05, 0) is 18.2 Å². The van der Waals surface area contributed by atoms with E-state index in [2.05, 4.69) is 12.1 Å². The zero-order valence-corrected chi connectivity index (χ0v) is 12.6. The fraction of sp³-hybridized carbons (Fsp3) is 0.400. The van der Waals surface area contributed by atoms with Crippen LogP contribution >= 0.6 is 0 Å². The Morgan fingerprint density at radius 3 is 2.67 bits per heavy atom. The molecule has 2 aliphatic heterocycles. The second kappa shape index (κ2) is 7.08. The van der Waals surface area contributed by atoms with Crippen LogP contribution in [0, 0.1) is 5.92 Å². The van der Waals surface area contributed by atoms with Gasteiger partial charge in [-0.3, -0.25) is 4.79 Å². The maximum absolute atomic E-state index is 13.4. The molecule has 2 heterocycles. The molecule has 0 aromatic rings. The number of hydroxylamine groups is 1. The van der Waals surface area contributed by atoms with Gasteiger partial charge in [0.25, 0.3) is 5.91 Å². The molecule has 1 atom stereocenters. The Labute approximate surface area is 136 Å². The van der Waals surface area contributed by atoms with E-state index in [4.69, 9.17) is 10.6 Å². The van der Waals surface area contributed by atoms with Gasteiger partial charge < -0.3 is 15.5 Å². The number of amides is 1. The summed E-state index contributed by atoms with van der Waals surface area (Å²) in [5, 5.41) is 0. The molecule has 0 spiro atoms. The van der Waals surface area contributed by atoms with Crippen molar-refractivity contribution in [3.63, 3.8) is 0 Å². The molecule has 2 aliphatic rings. The molecule has 132 valence electrons. The van der Waals surface area contributed by atoms with Crippen molar-refractivity contribution in [2.75, 3.05) is 13.1 Å². The summed E-state index contributed by atoms with van der Waals surface area (Å²) in [6.07, 6.45) is -1.72. The second-order valence-corrected chi connectivity index (χ2v) is 5.53. The number of allylic oxidation sites excluding steroid dienone is 3. The van der Waals surface area contributed by atoms with Crippen LogP contribution in [0.15, 0.2) is 48.2 Å². The van der Waals surface area contributed by atoms with Crippen LogP contribution in [0.3, 0.4) is 0 Å². The van der Waals surface area contributed by atoms with Gasteiger partial charge in [0.2, 0.25) is 5.88 Å². The molecular formula is C15H17F4N3O2. The van der Waals surface area contributed by atoms with E-state index in [0.717, 1.165) is 0 Å². The van der Waals surface area contributed by atoms with Crippen molar-refractivity contribution in [2.45, 2.75) is 18.6 Å². The van der Waals surface area contributed by atoms with Crippen molar-refractivity contribution in [3.8, 4) is 0 Å². The highest BCUT2D eigenvalue weighted by molar-refractivity contribution is 5.97. The third-order valence-corrected chi connectivity index (χ3v) is 3.59. The molecule has 0 aliphatic carbocycles. The van der Waals surface area contributed by atoms with Crippen molar-refractivity contribution >= 4 is 5.91 Å². The number of carbonyl (C=O) groups is 1. The third-order valence-electron chi connectivity index (χ3n) is 3.59. The van der Waals surface area contributed by atoms with Crippen LogP contribution in [-0.4, -0.2) is 36.1 Å². The predicted octanol–water partition coefficient (Wildman–Crippen LogP) is 2.07. The number of halogens is 4. The zero-order chi connectivity index (χ0) is 17.9. The predicted molar refractivity (Wildman–Crippen MR) is 78.5 cm³/mol. The molecule has 0 radical (unpaired) electrons. The number of hydrogen-bond acceptors (Lipinski definition) is 4. The van der Waals surface area contributed by atoms with Crippen LogP contribution in [0.5, 0.6) is 0 Å². The lowest BCUT2D eigenvalue weighted by atomic mass is 9.91. The van der Waals surface area contributed by atoms with Gasteiger partial charge in [-0.2, -0.15) is 13.2 Å². The first-order valence-corrected chi connectivity index (χ1v) is 7.14. The van der Waals surface area contributed by atoms with Gasteiger partial charge in [-0.1, -0.05) is 12.7 Å². The summed E-state index contributed by atoms with van der Waals surface area (Å²) in [6.45, 7) is 4.09. The van der Waals surface area contributed by atoms with Gasteiger partial charge in [-0.25, -0.2) is 4.39 Å². The molecule has 0 aromatic heterocycles. The highest BCUT2D eigenvalue weighted by atomic mass is 19.4. The van der Waals surface area contributed by atoms with Crippen LogP contribution in [0.1, 0.15) is 6.42 Å². The molecule has 1 amide bonds. The largest absolute Gasteiger partial charge is 0.395 e. The van der Waals surface area contributed by atoms with E-state index in [0.29, 0.717) is 19.2 Å². The van der Waals surface area contributed by atoms with Gasteiger partial charge in [0.1, 0.15) is 5.83 Å². The quantitative estimate of drug-likeness (QED) is 0.454. The molecule has 5 nitrogen and oxygen atoms in total. The first-order chi connectivity index (χ1) is 11.2. The SMILES string of the molecule is C=C/C=C(\C=C(\F)CC(F)(F)F)C(=O)N1CC(C2C=C(N)ON2)C1. The third kappa shape index (κ3) is 4.60. The maximum Gasteiger partial charge on any atom is 0.395 e. The lowest BCUT2D eigenvalue weighted by Gasteiger charge is -2.41. The molecule has 2 rings (SSSR count). The molecule has 24 heavy (non-hydrogen) atoms. The van der Waals surface area contributed by atoms with Crippen molar-refractivity contribution in [3.05, 3.63) is 48.2 Å². The lowest BCUT2D eigenvalue weighted by Crippen LogP contribution is -2.56. The van der Waals surface area contributed by atoms with Gasteiger partial charge in [0.15, 0.2) is 0 Å². The molecule has 9 heteroatoms. The van der Waals surface area contributed by atoms with Gasteiger partial charge in [-0.15, -0.1) is 5.48 Å². The first kappa shape index (κ1) is 18.1. The molecule has 0 bridgehead atoms. The van der Waals surface area contributed by atoms with E-state index in [1.54, 1.807) is 6.08 Å². The Hall–Kier alpha value is -2.29. The summed E-state index contributed by atoms with van der Waals surface area (Å²) in [6, 6.07) is -0.140. The summed E-state index contributed by atoms with van der Waals surface area (Å²) in [7, 11) is 0. The van der Waals surface area contributed by atoms with Crippen LogP contribution in [0.4, 0.5) is 17.6 Å². The smallest absolute Gasteiger partial charge is 0.391 e. The van der Waals surface area contributed by atoms with Gasteiger partial charge in [0, 0.05) is 24.6 Å². The molecule has 3 N–H and O–H groups in total. The van der Waals surface area contributed by atoms with Gasteiger partial charge in [0.05, 0.1) is 12.5 Å². The summed E-state index contributed by atoms with van der Waals surface area (Å²) in [4.78, 5) is 18.6. The highest BCUT2D eigenvalue weighted by Crippen LogP contribution is 2.28. The Bertz CT molecular complexity index is 604. The minimum absolute atomic E-state index is 0.0592. The Morgan fingerprint density at radius 1 is 1.50 bits per heavy atom. The standard InChI is InChI=1S/C15H17F4N3O2/c1-2-3-9(4-11(16)6-15(17,18)19)14(23)22-7-10(8-22)12-5-13(20)24-21-12/h2-5,10,12,21H,1,6-8,20H2/b9-3+,11-4+. The number of nitrogens with one attached hydrogen (secondary N) is 1. The van der Waals surface area contributed by atoms with Crippen molar-refractivity contribution in [1.82, 2.24) is 10.4 Å². The van der Waals surface area contributed by atoms with Crippen molar-refractivity contribution in [2.24, 2.45) is 11.7 Å². The maximum atomic E-state index is 13.4. The molecule has 1 unspecified atom stereocenters. The molecule has 1 fully saturated rings. The summed E-state index contributed by atoms with van der Waals surface area (Å²) in [5.74, 6) is -1.68. The molecular weight excluding hydrogens is 330 g/mol. The minimum Gasteiger partial charge on any atom is -0.391 e. The minimum atomic E-state index is -4.68. The average Bonchev–Trinajstić information content (AvgIpc) is 2.80. The Balaban J connectivity index is 1.97. The summed E-state index contributed by atoms with van der Waals surface area (Å²) < 4.78 is 50.0. The molecule has 1 saturated heterocycles. The van der Waals surface area contributed by atoms with Crippen LogP contribution in [-0.2, 0) is 9.63 Å². The van der Waals surface area contributed by atoms with Gasteiger partial charge >= 0.3 is 6.18 Å². The fourth-order valence-electron chi connectivity index (χ4n) is 2.42. The van der Waals surface area contributed by atoms with Crippen LogP contribution in [0.25, 0.3) is 0 Å². The fourth-order valence-corrected chi connectivity index (χ4v) is 2.42. The number of likely N-dealkylation sites (tertiary alicyclic amines) is 1. The normalized spacial score (nSPS) is 22.8. The zero-order valence-electron chi connectivity index (χ0n) is 12.6. The van der Waals surface area contributed by atoms with Crippen LogP contribution < -0.4 is 11.2 Å². The number of hydrogen-bond donors (Lipinski definition) is 2. The van der Waals surface area contributed by atoms with Crippen molar-refractivity contribution in [1.29, 1.82) is 0 Å². The number of nitrogens with zero attached hydrogens (tertiary/aromatic N) is 1. The topological polar surface area (TPSA) is 67.6 Å². The summed E-state index contributed by atoms with van der Waals surface area (Å²) in [5.41, 5.74) is 7.98. The van der Waals surface area contributed by atoms with E-state index in [9.17, 15) is 22.4 Å².